The third-order valence-corrected chi connectivity index (χ3v) is 2.39. The molecule has 0 aromatic carbocycles. The van der Waals surface area contributed by atoms with Gasteiger partial charge in [0, 0.05) is 32.5 Å². The van der Waals surface area contributed by atoms with E-state index in [0.29, 0.717) is 25.4 Å². The van der Waals surface area contributed by atoms with Crippen LogP contribution in [-0.2, 0) is 11.3 Å². The smallest absolute Gasteiger partial charge is 0.269 e. The zero-order valence-corrected chi connectivity index (χ0v) is 10.8. The second-order valence-electron chi connectivity index (χ2n) is 3.98. The van der Waals surface area contributed by atoms with E-state index in [4.69, 9.17) is 10.5 Å². The molecule has 1 amide bonds. The Bertz CT molecular complexity index is 352. The van der Waals surface area contributed by atoms with Gasteiger partial charge in [-0.15, -0.1) is 0 Å². The summed E-state index contributed by atoms with van der Waals surface area (Å²) in [4.78, 5) is 15.7. The van der Waals surface area contributed by atoms with Crippen LogP contribution in [0.15, 0.2) is 18.3 Å². The van der Waals surface area contributed by atoms with Gasteiger partial charge in [-0.1, -0.05) is 13.0 Å². The highest BCUT2D eigenvalue weighted by molar-refractivity contribution is 5.92. The predicted octanol–water partition coefficient (Wildman–Crippen LogP) is 1.09. The minimum absolute atomic E-state index is 0.158. The molecule has 3 N–H and O–H groups in total. The number of aromatic nitrogens is 1. The van der Waals surface area contributed by atoms with E-state index in [0.717, 1.165) is 25.0 Å². The molecule has 1 aromatic heterocycles. The SMILES string of the molecule is CCCOCCCNC(=O)c1ccc(CN)cn1. The van der Waals surface area contributed by atoms with Crippen molar-refractivity contribution in [2.45, 2.75) is 26.3 Å². The summed E-state index contributed by atoms with van der Waals surface area (Å²) in [5.41, 5.74) is 6.79. The second-order valence-corrected chi connectivity index (χ2v) is 3.98. The number of nitrogens with two attached hydrogens (primary N) is 1. The van der Waals surface area contributed by atoms with Gasteiger partial charge in [0.05, 0.1) is 0 Å². The first-order valence-corrected chi connectivity index (χ1v) is 6.29. The number of carbonyl (C=O) groups excluding carboxylic acids is 1. The van der Waals surface area contributed by atoms with Gasteiger partial charge in [-0.25, -0.2) is 0 Å². The minimum atomic E-state index is -0.158. The van der Waals surface area contributed by atoms with E-state index >= 15 is 0 Å². The Morgan fingerprint density at radius 1 is 1.44 bits per heavy atom. The fourth-order valence-corrected chi connectivity index (χ4v) is 1.39. The molecule has 0 radical (unpaired) electrons. The van der Waals surface area contributed by atoms with Gasteiger partial charge in [0.15, 0.2) is 0 Å². The molecule has 100 valence electrons. The van der Waals surface area contributed by atoms with Gasteiger partial charge in [-0.2, -0.15) is 0 Å². The summed E-state index contributed by atoms with van der Waals surface area (Å²) >= 11 is 0. The first-order chi connectivity index (χ1) is 8.77. The van der Waals surface area contributed by atoms with Crippen molar-refractivity contribution in [1.82, 2.24) is 10.3 Å². The topological polar surface area (TPSA) is 77.2 Å². The van der Waals surface area contributed by atoms with E-state index in [1.807, 2.05) is 6.07 Å². The average molecular weight is 251 g/mol. The lowest BCUT2D eigenvalue weighted by Gasteiger charge is -2.05. The molecule has 0 aliphatic rings. The van der Waals surface area contributed by atoms with E-state index < -0.39 is 0 Å². The van der Waals surface area contributed by atoms with E-state index in [2.05, 4.69) is 17.2 Å². The molecular weight excluding hydrogens is 230 g/mol. The first-order valence-electron chi connectivity index (χ1n) is 6.29. The Labute approximate surface area is 108 Å². The van der Waals surface area contributed by atoms with Gasteiger partial charge in [0.1, 0.15) is 5.69 Å². The van der Waals surface area contributed by atoms with E-state index in [9.17, 15) is 4.79 Å². The Morgan fingerprint density at radius 2 is 2.28 bits per heavy atom. The summed E-state index contributed by atoms with van der Waals surface area (Å²) in [7, 11) is 0. The number of pyridine rings is 1. The van der Waals surface area contributed by atoms with Crippen LogP contribution in [-0.4, -0.2) is 30.6 Å². The van der Waals surface area contributed by atoms with Crippen LogP contribution < -0.4 is 11.1 Å². The molecule has 1 rings (SSSR count). The number of hydrogen-bond donors (Lipinski definition) is 2. The fourth-order valence-electron chi connectivity index (χ4n) is 1.39. The van der Waals surface area contributed by atoms with E-state index in [1.54, 1.807) is 12.3 Å². The Hall–Kier alpha value is -1.46. The van der Waals surface area contributed by atoms with Crippen molar-refractivity contribution in [2.75, 3.05) is 19.8 Å². The molecule has 0 bridgehead atoms. The maximum Gasteiger partial charge on any atom is 0.269 e. The minimum Gasteiger partial charge on any atom is -0.381 e. The molecule has 0 aliphatic carbocycles. The van der Waals surface area contributed by atoms with Gasteiger partial charge < -0.3 is 15.8 Å². The summed E-state index contributed by atoms with van der Waals surface area (Å²) in [6, 6.07) is 3.50. The quantitative estimate of drug-likeness (QED) is 0.678. The molecular formula is C13H21N3O2. The highest BCUT2D eigenvalue weighted by Gasteiger charge is 2.05. The van der Waals surface area contributed by atoms with Crippen LogP contribution in [0.4, 0.5) is 0 Å². The summed E-state index contributed by atoms with van der Waals surface area (Å²) in [5, 5.41) is 2.80. The summed E-state index contributed by atoms with van der Waals surface area (Å²) in [6.45, 7) is 4.55. The standard InChI is InChI=1S/C13H21N3O2/c1-2-7-18-8-3-6-15-13(17)12-5-4-11(9-14)10-16-12/h4-5,10H,2-3,6-9,14H2,1H3,(H,15,17). The highest BCUT2D eigenvalue weighted by atomic mass is 16.5. The Morgan fingerprint density at radius 3 is 2.89 bits per heavy atom. The third kappa shape index (κ3) is 5.25. The summed E-state index contributed by atoms with van der Waals surface area (Å²) in [5.74, 6) is -0.158. The zero-order chi connectivity index (χ0) is 13.2. The van der Waals surface area contributed by atoms with Crippen LogP contribution in [0.5, 0.6) is 0 Å². The van der Waals surface area contributed by atoms with Crippen LogP contribution in [0.2, 0.25) is 0 Å². The average Bonchev–Trinajstić information content (AvgIpc) is 2.42. The van der Waals surface area contributed by atoms with Crippen molar-refractivity contribution in [1.29, 1.82) is 0 Å². The molecule has 1 heterocycles. The summed E-state index contributed by atoms with van der Waals surface area (Å²) in [6.07, 6.45) is 3.45. The van der Waals surface area contributed by atoms with Crippen LogP contribution in [0.1, 0.15) is 35.8 Å². The van der Waals surface area contributed by atoms with Crippen molar-refractivity contribution < 1.29 is 9.53 Å². The molecule has 0 unspecified atom stereocenters. The van der Waals surface area contributed by atoms with Gasteiger partial charge in [-0.3, -0.25) is 9.78 Å². The lowest BCUT2D eigenvalue weighted by atomic mass is 10.2. The van der Waals surface area contributed by atoms with Gasteiger partial charge in [0.2, 0.25) is 0 Å². The normalized spacial score (nSPS) is 10.3. The van der Waals surface area contributed by atoms with E-state index in [-0.39, 0.29) is 5.91 Å². The van der Waals surface area contributed by atoms with Gasteiger partial charge in [-0.05, 0) is 24.5 Å². The zero-order valence-electron chi connectivity index (χ0n) is 10.8. The van der Waals surface area contributed by atoms with Crippen molar-refractivity contribution >= 4 is 5.91 Å². The van der Waals surface area contributed by atoms with Crippen LogP contribution in [0, 0.1) is 0 Å². The fraction of sp³-hybridized carbons (Fsp3) is 0.538. The van der Waals surface area contributed by atoms with Gasteiger partial charge >= 0.3 is 0 Å². The number of rotatable bonds is 8. The number of nitrogens with one attached hydrogen (secondary N) is 1. The van der Waals surface area contributed by atoms with E-state index in [1.165, 1.54) is 0 Å². The van der Waals surface area contributed by atoms with Crippen molar-refractivity contribution in [3.05, 3.63) is 29.6 Å². The lowest BCUT2D eigenvalue weighted by molar-refractivity contribution is 0.0936. The van der Waals surface area contributed by atoms with Crippen molar-refractivity contribution in [3.8, 4) is 0 Å². The highest BCUT2D eigenvalue weighted by Crippen LogP contribution is 1.99. The monoisotopic (exact) mass is 251 g/mol. The second kappa shape index (κ2) is 8.60. The molecule has 5 heteroatoms. The number of amides is 1. The number of hydrogen-bond acceptors (Lipinski definition) is 4. The van der Waals surface area contributed by atoms with Gasteiger partial charge in [0.25, 0.3) is 5.91 Å². The maximum absolute atomic E-state index is 11.7. The molecule has 0 spiro atoms. The largest absolute Gasteiger partial charge is 0.381 e. The van der Waals surface area contributed by atoms with Crippen molar-refractivity contribution in [2.24, 2.45) is 5.73 Å². The Kier molecular flexibility index (Phi) is 6.98. The Balaban J connectivity index is 2.23. The van der Waals surface area contributed by atoms with Crippen LogP contribution in [0.3, 0.4) is 0 Å². The number of ether oxygens (including phenoxy) is 1. The van der Waals surface area contributed by atoms with Crippen LogP contribution >= 0.6 is 0 Å². The molecule has 0 saturated heterocycles. The molecule has 0 atom stereocenters. The molecule has 0 aliphatic heterocycles. The maximum atomic E-state index is 11.7. The molecule has 18 heavy (non-hydrogen) atoms. The lowest BCUT2D eigenvalue weighted by Crippen LogP contribution is -2.26. The van der Waals surface area contributed by atoms with Crippen LogP contribution in [0.25, 0.3) is 0 Å². The summed E-state index contributed by atoms with van der Waals surface area (Å²) < 4.78 is 5.32. The number of nitrogens with zero attached hydrogens (tertiary/aromatic N) is 1. The number of carbonyl (C=O) groups is 1. The van der Waals surface area contributed by atoms with Crippen molar-refractivity contribution in [3.63, 3.8) is 0 Å². The molecule has 0 saturated carbocycles. The third-order valence-electron chi connectivity index (χ3n) is 2.39. The molecule has 1 aromatic rings. The predicted molar refractivity (Wildman–Crippen MR) is 70.2 cm³/mol. The first kappa shape index (κ1) is 14.6. The molecule has 5 nitrogen and oxygen atoms in total. The molecule has 0 fully saturated rings.